The summed E-state index contributed by atoms with van der Waals surface area (Å²) in [6.07, 6.45) is 2.22. The van der Waals surface area contributed by atoms with Crippen LogP contribution >= 0.6 is 0 Å². The van der Waals surface area contributed by atoms with E-state index in [-0.39, 0.29) is 12.1 Å². The van der Waals surface area contributed by atoms with Crippen molar-refractivity contribution in [1.29, 1.82) is 10.5 Å². The van der Waals surface area contributed by atoms with Crippen LogP contribution in [0.15, 0.2) is 18.2 Å². The van der Waals surface area contributed by atoms with E-state index in [4.69, 9.17) is 22.0 Å². The zero-order chi connectivity index (χ0) is 18.1. The lowest BCUT2D eigenvalue weighted by Gasteiger charge is -2.18. The molecule has 2 rings (SSSR count). The summed E-state index contributed by atoms with van der Waals surface area (Å²) in [5.74, 6) is -0.633. The monoisotopic (exact) mass is 330 g/mol. The minimum absolute atomic E-state index is 0.00463. The Labute approximate surface area is 139 Å². The average Bonchev–Trinajstić information content (AvgIpc) is 3.09. The van der Waals surface area contributed by atoms with Crippen LogP contribution in [0.4, 0.5) is 11.4 Å². The van der Waals surface area contributed by atoms with Gasteiger partial charge in [-0.05, 0) is 18.9 Å². The minimum Gasteiger partial charge on any atom is -0.370 e. The SMILES string of the molecule is N#CC[C@H](N)C(N)=O.N#Cc1cc([N+](=O)[O-])ccc1N1CCCC1. The Morgan fingerprint density at radius 2 is 2.00 bits per heavy atom. The molecule has 0 spiro atoms. The first-order chi connectivity index (χ1) is 11.4. The number of carbonyl (C=O) groups is 1. The van der Waals surface area contributed by atoms with Crippen molar-refractivity contribution in [1.82, 2.24) is 0 Å². The highest BCUT2D eigenvalue weighted by Crippen LogP contribution is 2.27. The molecular weight excluding hydrogens is 312 g/mol. The number of nitrogens with two attached hydrogens (primary N) is 2. The molecule has 1 saturated heterocycles. The van der Waals surface area contributed by atoms with Crippen molar-refractivity contribution < 1.29 is 9.72 Å². The van der Waals surface area contributed by atoms with Crippen molar-refractivity contribution in [2.75, 3.05) is 18.0 Å². The summed E-state index contributed by atoms with van der Waals surface area (Å²) < 4.78 is 0. The fourth-order valence-corrected chi connectivity index (χ4v) is 2.16. The van der Waals surface area contributed by atoms with Crippen LogP contribution in [0.25, 0.3) is 0 Å². The predicted octanol–water partition coefficient (Wildman–Crippen LogP) is 0.779. The van der Waals surface area contributed by atoms with Crippen LogP contribution in [-0.4, -0.2) is 30.0 Å². The highest BCUT2D eigenvalue weighted by Gasteiger charge is 2.18. The molecule has 0 saturated carbocycles. The van der Waals surface area contributed by atoms with E-state index in [0.29, 0.717) is 5.56 Å². The van der Waals surface area contributed by atoms with Gasteiger partial charge in [0.05, 0.1) is 34.7 Å². The number of anilines is 1. The number of primary amides is 1. The van der Waals surface area contributed by atoms with Gasteiger partial charge in [-0.2, -0.15) is 10.5 Å². The Hall–Kier alpha value is -3.17. The van der Waals surface area contributed by atoms with E-state index in [9.17, 15) is 14.9 Å². The highest BCUT2D eigenvalue weighted by molar-refractivity contribution is 5.79. The third-order valence-corrected chi connectivity index (χ3v) is 3.43. The Bertz CT molecular complexity index is 685. The van der Waals surface area contributed by atoms with Gasteiger partial charge in [-0.1, -0.05) is 0 Å². The number of nitro benzene ring substituents is 1. The lowest BCUT2D eigenvalue weighted by atomic mass is 10.1. The van der Waals surface area contributed by atoms with Crippen LogP contribution in [-0.2, 0) is 4.79 Å². The fraction of sp³-hybridized carbons (Fsp3) is 0.400. The van der Waals surface area contributed by atoms with Crippen LogP contribution in [0, 0.1) is 32.8 Å². The molecule has 126 valence electrons. The second kappa shape index (κ2) is 9.08. The maximum absolute atomic E-state index is 10.6. The molecule has 1 atom stereocenters. The number of rotatable bonds is 4. The third kappa shape index (κ3) is 5.23. The van der Waals surface area contributed by atoms with Gasteiger partial charge in [0.1, 0.15) is 6.07 Å². The topological polar surface area (TPSA) is 163 Å². The lowest BCUT2D eigenvalue weighted by Crippen LogP contribution is -2.35. The molecule has 1 aromatic rings. The second-order valence-corrected chi connectivity index (χ2v) is 5.14. The maximum Gasteiger partial charge on any atom is 0.270 e. The molecule has 0 aromatic heterocycles. The zero-order valence-electron chi connectivity index (χ0n) is 13.0. The van der Waals surface area contributed by atoms with Gasteiger partial charge in [0.15, 0.2) is 0 Å². The summed E-state index contributed by atoms with van der Waals surface area (Å²) in [7, 11) is 0. The number of nitro groups is 1. The highest BCUT2D eigenvalue weighted by atomic mass is 16.6. The molecule has 1 aliphatic heterocycles. The molecule has 0 unspecified atom stereocenters. The molecule has 4 N–H and O–H groups in total. The molecule has 1 heterocycles. The van der Waals surface area contributed by atoms with Gasteiger partial charge >= 0.3 is 0 Å². The van der Waals surface area contributed by atoms with Crippen molar-refractivity contribution in [2.45, 2.75) is 25.3 Å². The Morgan fingerprint density at radius 1 is 1.38 bits per heavy atom. The molecule has 0 aliphatic carbocycles. The normalized spacial score (nSPS) is 13.9. The standard InChI is InChI=1S/C11H11N3O2.C4H7N3O/c12-8-9-7-10(14(15)16)3-4-11(9)13-5-1-2-6-13;5-2-1-3(6)4(7)8/h3-4,7H,1-2,5-6H2;3H,1,6H2,(H2,7,8)/t;3-/m.0/s1. The summed E-state index contributed by atoms with van der Waals surface area (Å²) >= 11 is 0. The minimum atomic E-state index is -0.806. The van der Waals surface area contributed by atoms with Crippen molar-refractivity contribution in [3.8, 4) is 12.1 Å². The van der Waals surface area contributed by atoms with E-state index in [2.05, 4.69) is 4.90 Å². The van der Waals surface area contributed by atoms with Gasteiger partial charge in [0.25, 0.3) is 5.69 Å². The molecule has 1 aliphatic rings. The zero-order valence-corrected chi connectivity index (χ0v) is 13.0. The molecule has 1 aromatic carbocycles. The quantitative estimate of drug-likeness (QED) is 0.608. The van der Waals surface area contributed by atoms with Crippen LogP contribution in [0.1, 0.15) is 24.8 Å². The van der Waals surface area contributed by atoms with E-state index < -0.39 is 16.9 Å². The van der Waals surface area contributed by atoms with Crippen molar-refractivity contribution in [2.24, 2.45) is 11.5 Å². The predicted molar refractivity (Wildman–Crippen MR) is 86.7 cm³/mol. The van der Waals surface area contributed by atoms with Gasteiger partial charge in [-0.3, -0.25) is 14.9 Å². The lowest BCUT2D eigenvalue weighted by molar-refractivity contribution is -0.384. The van der Waals surface area contributed by atoms with Crippen LogP contribution in [0.2, 0.25) is 0 Å². The number of nitriles is 2. The van der Waals surface area contributed by atoms with E-state index in [0.717, 1.165) is 31.6 Å². The Morgan fingerprint density at radius 3 is 2.42 bits per heavy atom. The van der Waals surface area contributed by atoms with E-state index in [1.54, 1.807) is 12.1 Å². The van der Waals surface area contributed by atoms with Gasteiger partial charge in [-0.15, -0.1) is 0 Å². The van der Waals surface area contributed by atoms with Gasteiger partial charge in [0, 0.05) is 25.2 Å². The van der Waals surface area contributed by atoms with Crippen molar-refractivity contribution in [3.05, 3.63) is 33.9 Å². The Balaban J connectivity index is 0.000000307. The number of benzene rings is 1. The average molecular weight is 330 g/mol. The van der Waals surface area contributed by atoms with Gasteiger partial charge < -0.3 is 16.4 Å². The number of nitrogens with zero attached hydrogens (tertiary/aromatic N) is 4. The van der Waals surface area contributed by atoms with Crippen LogP contribution in [0.3, 0.4) is 0 Å². The smallest absolute Gasteiger partial charge is 0.270 e. The molecule has 1 fully saturated rings. The van der Waals surface area contributed by atoms with Crippen molar-refractivity contribution >= 4 is 17.3 Å². The molecule has 0 radical (unpaired) electrons. The number of hydrogen-bond donors (Lipinski definition) is 2. The number of hydrogen-bond acceptors (Lipinski definition) is 7. The fourth-order valence-electron chi connectivity index (χ4n) is 2.16. The van der Waals surface area contributed by atoms with Gasteiger partial charge in [0.2, 0.25) is 5.91 Å². The number of amides is 1. The van der Waals surface area contributed by atoms with Crippen LogP contribution in [0.5, 0.6) is 0 Å². The van der Waals surface area contributed by atoms with E-state index in [1.165, 1.54) is 12.1 Å². The maximum atomic E-state index is 10.6. The molecule has 24 heavy (non-hydrogen) atoms. The first-order valence-electron chi connectivity index (χ1n) is 7.26. The van der Waals surface area contributed by atoms with Crippen LogP contribution < -0.4 is 16.4 Å². The van der Waals surface area contributed by atoms with Gasteiger partial charge in [-0.25, -0.2) is 0 Å². The summed E-state index contributed by atoms with van der Waals surface area (Å²) in [4.78, 5) is 22.2. The molecular formula is C15H18N6O3. The third-order valence-electron chi connectivity index (χ3n) is 3.43. The van der Waals surface area contributed by atoms with E-state index >= 15 is 0 Å². The molecule has 9 heteroatoms. The molecule has 9 nitrogen and oxygen atoms in total. The summed E-state index contributed by atoms with van der Waals surface area (Å²) in [5, 5.41) is 27.5. The first kappa shape index (κ1) is 18.9. The second-order valence-electron chi connectivity index (χ2n) is 5.14. The summed E-state index contributed by atoms with van der Waals surface area (Å²) in [6, 6.07) is 7.40. The number of non-ortho nitro benzene ring substituents is 1. The summed E-state index contributed by atoms with van der Waals surface area (Å²) in [5.41, 5.74) is 10.9. The largest absolute Gasteiger partial charge is 0.370 e. The summed E-state index contributed by atoms with van der Waals surface area (Å²) in [6.45, 7) is 1.85. The van der Waals surface area contributed by atoms with E-state index in [1.807, 2.05) is 6.07 Å². The Kier molecular flexibility index (Phi) is 7.14. The number of carbonyl (C=O) groups excluding carboxylic acids is 1. The first-order valence-corrected chi connectivity index (χ1v) is 7.26. The molecule has 0 bridgehead atoms. The molecule has 1 amide bonds. The van der Waals surface area contributed by atoms with Crippen molar-refractivity contribution in [3.63, 3.8) is 0 Å².